The van der Waals surface area contributed by atoms with E-state index in [2.05, 4.69) is 5.32 Å². The zero-order valence-corrected chi connectivity index (χ0v) is 17.2. The minimum atomic E-state index is -0.409. The summed E-state index contributed by atoms with van der Waals surface area (Å²) in [6.45, 7) is 2.73. The molecular formula is C22H26N2O5. The van der Waals surface area contributed by atoms with Crippen molar-refractivity contribution in [2.45, 2.75) is 19.9 Å². The summed E-state index contributed by atoms with van der Waals surface area (Å²) in [5.74, 6) is 1.20. The summed E-state index contributed by atoms with van der Waals surface area (Å²) in [5, 5.41) is 2.90. The van der Waals surface area contributed by atoms with Gasteiger partial charge in [-0.1, -0.05) is 12.1 Å². The normalized spacial score (nSPS) is 15.9. The monoisotopic (exact) mass is 398 g/mol. The van der Waals surface area contributed by atoms with Gasteiger partial charge in [-0.15, -0.1) is 0 Å². The molecule has 1 heterocycles. The van der Waals surface area contributed by atoms with Crippen LogP contribution in [0.2, 0.25) is 0 Å². The van der Waals surface area contributed by atoms with Gasteiger partial charge in [-0.3, -0.25) is 9.59 Å². The van der Waals surface area contributed by atoms with Crippen LogP contribution in [0.5, 0.6) is 17.2 Å². The van der Waals surface area contributed by atoms with E-state index in [-0.39, 0.29) is 18.2 Å². The molecule has 0 spiro atoms. The number of ether oxygens (including phenoxy) is 3. The number of amides is 2. The number of likely N-dealkylation sites (tertiary alicyclic amines) is 1. The summed E-state index contributed by atoms with van der Waals surface area (Å²) in [6, 6.07) is 11.1. The molecular weight excluding hydrogens is 372 g/mol. The lowest BCUT2D eigenvalue weighted by atomic mass is 10.1. The second-order valence-electron chi connectivity index (χ2n) is 7.06. The second kappa shape index (κ2) is 8.86. The third kappa shape index (κ3) is 4.62. The van der Waals surface area contributed by atoms with Crippen molar-refractivity contribution in [1.29, 1.82) is 0 Å². The first-order valence-electron chi connectivity index (χ1n) is 9.39. The molecule has 0 aromatic heterocycles. The molecule has 1 aliphatic rings. The van der Waals surface area contributed by atoms with E-state index in [1.807, 2.05) is 43.3 Å². The highest BCUT2D eigenvalue weighted by Gasteiger charge is 2.34. The molecule has 0 bridgehead atoms. The first-order valence-corrected chi connectivity index (χ1v) is 9.39. The molecule has 1 atom stereocenters. The minimum absolute atomic E-state index is 0.0452. The maximum Gasteiger partial charge on any atom is 0.229 e. The van der Waals surface area contributed by atoms with Gasteiger partial charge >= 0.3 is 0 Å². The number of carbonyl (C=O) groups excluding carboxylic acids is 2. The van der Waals surface area contributed by atoms with Gasteiger partial charge in [-0.25, -0.2) is 0 Å². The van der Waals surface area contributed by atoms with Crippen molar-refractivity contribution in [3.63, 3.8) is 0 Å². The van der Waals surface area contributed by atoms with Crippen molar-refractivity contribution >= 4 is 17.5 Å². The maximum absolute atomic E-state index is 12.7. The number of aryl methyl sites for hydroxylation is 1. The third-order valence-electron chi connectivity index (χ3n) is 5.02. The summed E-state index contributed by atoms with van der Waals surface area (Å²) in [5.41, 5.74) is 2.54. The fourth-order valence-electron chi connectivity index (χ4n) is 3.45. The molecule has 154 valence electrons. The summed E-state index contributed by atoms with van der Waals surface area (Å²) in [6.07, 6.45) is 0.188. The molecule has 1 fully saturated rings. The number of hydrogen-bond acceptors (Lipinski definition) is 5. The largest absolute Gasteiger partial charge is 0.495 e. The van der Waals surface area contributed by atoms with E-state index in [0.29, 0.717) is 36.0 Å². The van der Waals surface area contributed by atoms with Crippen LogP contribution in [0, 0.1) is 12.8 Å². The number of benzene rings is 2. The molecule has 2 amide bonds. The van der Waals surface area contributed by atoms with Gasteiger partial charge in [-0.2, -0.15) is 0 Å². The molecule has 2 aromatic carbocycles. The van der Waals surface area contributed by atoms with E-state index >= 15 is 0 Å². The molecule has 0 aliphatic carbocycles. The minimum Gasteiger partial charge on any atom is -0.495 e. The average Bonchev–Trinajstić information content (AvgIpc) is 3.08. The predicted octanol–water partition coefficient (Wildman–Crippen LogP) is 3.01. The number of carbonyl (C=O) groups is 2. The van der Waals surface area contributed by atoms with Crippen LogP contribution in [-0.2, 0) is 16.1 Å². The van der Waals surface area contributed by atoms with Crippen LogP contribution in [0.3, 0.4) is 0 Å². The van der Waals surface area contributed by atoms with E-state index in [0.717, 1.165) is 11.1 Å². The van der Waals surface area contributed by atoms with Crippen molar-refractivity contribution in [2.75, 3.05) is 33.2 Å². The molecule has 1 saturated heterocycles. The molecule has 1 N–H and O–H groups in total. The van der Waals surface area contributed by atoms with Crippen LogP contribution >= 0.6 is 0 Å². The molecule has 2 aromatic rings. The van der Waals surface area contributed by atoms with Gasteiger partial charge in [0.2, 0.25) is 11.8 Å². The Balaban J connectivity index is 1.67. The molecule has 1 unspecified atom stereocenters. The SMILES string of the molecule is COc1ccc(C)cc1NC(=O)C1CC(=O)N(Cc2ccc(OC)c(OC)c2)C1. The molecule has 7 nitrogen and oxygen atoms in total. The van der Waals surface area contributed by atoms with Crippen LogP contribution in [0.25, 0.3) is 0 Å². The molecule has 7 heteroatoms. The number of rotatable bonds is 7. The highest BCUT2D eigenvalue weighted by molar-refractivity contribution is 5.98. The lowest BCUT2D eigenvalue weighted by Crippen LogP contribution is -2.28. The first-order chi connectivity index (χ1) is 13.9. The Bertz CT molecular complexity index is 912. The second-order valence-corrected chi connectivity index (χ2v) is 7.06. The molecule has 1 aliphatic heterocycles. The number of methoxy groups -OCH3 is 3. The Morgan fingerprint density at radius 3 is 2.41 bits per heavy atom. The molecule has 0 radical (unpaired) electrons. The Labute approximate surface area is 170 Å². The van der Waals surface area contributed by atoms with Crippen LogP contribution in [-0.4, -0.2) is 44.6 Å². The topological polar surface area (TPSA) is 77.1 Å². The van der Waals surface area contributed by atoms with E-state index in [4.69, 9.17) is 14.2 Å². The predicted molar refractivity (Wildman–Crippen MR) is 109 cm³/mol. The molecule has 0 saturated carbocycles. The standard InChI is InChI=1S/C22H26N2O5/c1-14-5-7-18(27-2)17(9-14)23-22(26)16-11-21(25)24(13-16)12-15-6-8-19(28-3)20(10-15)29-4/h5-10,16H,11-13H2,1-4H3,(H,23,26). The number of anilines is 1. The molecule has 29 heavy (non-hydrogen) atoms. The Morgan fingerprint density at radius 2 is 1.72 bits per heavy atom. The van der Waals surface area contributed by atoms with Crippen molar-refractivity contribution in [3.05, 3.63) is 47.5 Å². The van der Waals surface area contributed by atoms with Crippen molar-refractivity contribution in [3.8, 4) is 17.2 Å². The maximum atomic E-state index is 12.7. The lowest BCUT2D eigenvalue weighted by molar-refractivity contribution is -0.128. The van der Waals surface area contributed by atoms with Crippen LogP contribution in [0.4, 0.5) is 5.69 Å². The van der Waals surface area contributed by atoms with Crippen molar-refractivity contribution < 1.29 is 23.8 Å². The summed E-state index contributed by atoms with van der Waals surface area (Å²) in [7, 11) is 4.71. The summed E-state index contributed by atoms with van der Waals surface area (Å²) < 4.78 is 15.9. The van der Waals surface area contributed by atoms with Gasteiger partial charge in [0.1, 0.15) is 5.75 Å². The highest BCUT2D eigenvalue weighted by Crippen LogP contribution is 2.30. The Morgan fingerprint density at radius 1 is 1.03 bits per heavy atom. The Hall–Kier alpha value is -3.22. The molecule has 3 rings (SSSR count). The quantitative estimate of drug-likeness (QED) is 0.776. The van der Waals surface area contributed by atoms with Gasteiger partial charge in [0, 0.05) is 19.5 Å². The Kier molecular flexibility index (Phi) is 6.26. The smallest absolute Gasteiger partial charge is 0.229 e. The fraction of sp³-hybridized carbons (Fsp3) is 0.364. The highest BCUT2D eigenvalue weighted by atomic mass is 16.5. The van der Waals surface area contributed by atoms with Gasteiger partial charge in [-0.05, 0) is 42.3 Å². The van der Waals surface area contributed by atoms with Crippen molar-refractivity contribution in [1.82, 2.24) is 4.90 Å². The zero-order chi connectivity index (χ0) is 21.0. The summed E-state index contributed by atoms with van der Waals surface area (Å²) >= 11 is 0. The zero-order valence-electron chi connectivity index (χ0n) is 17.2. The summed E-state index contributed by atoms with van der Waals surface area (Å²) in [4.78, 5) is 26.9. The van der Waals surface area contributed by atoms with Crippen LogP contribution in [0.15, 0.2) is 36.4 Å². The first kappa shape index (κ1) is 20.5. The van der Waals surface area contributed by atoms with Gasteiger partial charge in [0.05, 0.1) is 32.9 Å². The number of nitrogens with one attached hydrogen (secondary N) is 1. The van der Waals surface area contributed by atoms with Gasteiger partial charge in [0.15, 0.2) is 11.5 Å². The van der Waals surface area contributed by atoms with Crippen LogP contribution in [0.1, 0.15) is 17.5 Å². The van der Waals surface area contributed by atoms with Crippen molar-refractivity contribution in [2.24, 2.45) is 5.92 Å². The van der Waals surface area contributed by atoms with Gasteiger partial charge in [0.25, 0.3) is 0 Å². The number of nitrogens with zero attached hydrogens (tertiary/aromatic N) is 1. The van der Waals surface area contributed by atoms with Gasteiger partial charge < -0.3 is 24.4 Å². The number of hydrogen-bond donors (Lipinski definition) is 1. The lowest BCUT2D eigenvalue weighted by Gasteiger charge is -2.18. The third-order valence-corrected chi connectivity index (χ3v) is 5.02. The van der Waals surface area contributed by atoms with E-state index in [1.165, 1.54) is 0 Å². The van der Waals surface area contributed by atoms with Crippen LogP contribution < -0.4 is 19.5 Å². The fourth-order valence-corrected chi connectivity index (χ4v) is 3.45. The van der Waals surface area contributed by atoms with E-state index < -0.39 is 5.92 Å². The average molecular weight is 398 g/mol. The van der Waals surface area contributed by atoms with E-state index in [1.54, 1.807) is 26.2 Å². The van der Waals surface area contributed by atoms with E-state index in [9.17, 15) is 9.59 Å².